The van der Waals surface area contributed by atoms with Crippen LogP contribution < -0.4 is 5.32 Å². The molecule has 1 unspecified atom stereocenters. The van der Waals surface area contributed by atoms with Gasteiger partial charge in [0.15, 0.2) is 0 Å². The number of nitrogens with one attached hydrogen (secondary N) is 1. The van der Waals surface area contributed by atoms with Gasteiger partial charge in [0.1, 0.15) is 0 Å². The monoisotopic (exact) mass is 257 g/mol. The van der Waals surface area contributed by atoms with Crippen molar-refractivity contribution in [2.24, 2.45) is 0 Å². The summed E-state index contributed by atoms with van der Waals surface area (Å²) < 4.78 is 2.02. The van der Waals surface area contributed by atoms with E-state index in [0.717, 1.165) is 12.2 Å². The highest BCUT2D eigenvalue weighted by atomic mass is 15.0. The number of rotatable bonds is 7. The van der Waals surface area contributed by atoms with Crippen LogP contribution in [-0.4, -0.2) is 15.6 Å². The topological polar surface area (TPSA) is 29.9 Å². The van der Waals surface area contributed by atoms with Crippen molar-refractivity contribution < 1.29 is 0 Å². The minimum Gasteiger partial charge on any atom is -0.310 e. The van der Waals surface area contributed by atoms with E-state index < -0.39 is 0 Å². The van der Waals surface area contributed by atoms with Crippen LogP contribution in [0.3, 0.4) is 0 Å². The minimum atomic E-state index is 0.637. The van der Waals surface area contributed by atoms with Gasteiger partial charge in [-0.2, -0.15) is 0 Å². The number of hydrogen-bond acceptors (Lipinski definition) is 2. The molecule has 0 bridgehead atoms. The molecule has 3 nitrogen and oxygen atoms in total. The molecule has 1 aromatic heterocycles. The summed E-state index contributed by atoms with van der Waals surface area (Å²) in [7, 11) is 0. The van der Waals surface area contributed by atoms with Crippen molar-refractivity contribution in [3.63, 3.8) is 0 Å². The van der Waals surface area contributed by atoms with Crippen LogP contribution >= 0.6 is 0 Å². The summed E-state index contributed by atoms with van der Waals surface area (Å²) >= 11 is 0. The van der Waals surface area contributed by atoms with Crippen LogP contribution in [0.1, 0.15) is 38.7 Å². The maximum absolute atomic E-state index is 4.06. The van der Waals surface area contributed by atoms with E-state index in [1.807, 2.05) is 17.1 Å². The van der Waals surface area contributed by atoms with Crippen molar-refractivity contribution in [3.8, 4) is 5.69 Å². The molecule has 0 aliphatic carbocycles. The standard InChI is InChI=1S/C16H23N3/c1-3-5-15(4-2)18-12-14-6-8-16(9-7-14)19-11-10-17-13-19/h6-11,13,15,18H,3-5,12H2,1-2H3. The van der Waals surface area contributed by atoms with Crippen molar-refractivity contribution in [1.82, 2.24) is 14.9 Å². The fourth-order valence-electron chi connectivity index (χ4n) is 2.26. The minimum absolute atomic E-state index is 0.637. The maximum Gasteiger partial charge on any atom is 0.0991 e. The normalized spacial score (nSPS) is 12.5. The van der Waals surface area contributed by atoms with Crippen LogP contribution in [0.25, 0.3) is 5.69 Å². The summed E-state index contributed by atoms with van der Waals surface area (Å²) in [6.45, 7) is 5.43. The molecule has 0 aliphatic rings. The first-order valence-corrected chi connectivity index (χ1v) is 7.14. The fourth-order valence-corrected chi connectivity index (χ4v) is 2.26. The van der Waals surface area contributed by atoms with Gasteiger partial charge in [0.25, 0.3) is 0 Å². The molecule has 0 radical (unpaired) electrons. The molecule has 1 N–H and O–H groups in total. The van der Waals surface area contributed by atoms with Gasteiger partial charge in [0, 0.05) is 30.7 Å². The van der Waals surface area contributed by atoms with E-state index >= 15 is 0 Å². The third-order valence-electron chi connectivity index (χ3n) is 3.46. The molecule has 0 spiro atoms. The summed E-state index contributed by atoms with van der Waals surface area (Å²) in [4.78, 5) is 4.06. The van der Waals surface area contributed by atoms with Gasteiger partial charge < -0.3 is 9.88 Å². The molecular formula is C16H23N3. The van der Waals surface area contributed by atoms with Crippen LogP contribution in [0.15, 0.2) is 43.0 Å². The zero-order valence-electron chi connectivity index (χ0n) is 11.8. The van der Waals surface area contributed by atoms with Gasteiger partial charge in [0.05, 0.1) is 6.33 Å². The summed E-state index contributed by atoms with van der Waals surface area (Å²) in [5.74, 6) is 0. The number of aromatic nitrogens is 2. The first kappa shape index (κ1) is 13.8. The molecule has 19 heavy (non-hydrogen) atoms. The second-order valence-corrected chi connectivity index (χ2v) is 4.91. The molecular weight excluding hydrogens is 234 g/mol. The number of nitrogens with zero attached hydrogens (tertiary/aromatic N) is 2. The maximum atomic E-state index is 4.06. The summed E-state index contributed by atoms with van der Waals surface area (Å²) in [5.41, 5.74) is 2.49. The molecule has 102 valence electrons. The molecule has 1 heterocycles. The van der Waals surface area contributed by atoms with Crippen molar-refractivity contribution in [1.29, 1.82) is 0 Å². The molecule has 0 saturated carbocycles. The van der Waals surface area contributed by atoms with Crippen molar-refractivity contribution in [2.75, 3.05) is 0 Å². The lowest BCUT2D eigenvalue weighted by atomic mass is 10.1. The molecule has 0 fully saturated rings. The van der Waals surface area contributed by atoms with Crippen LogP contribution in [0.5, 0.6) is 0 Å². The van der Waals surface area contributed by atoms with Gasteiger partial charge in [-0.3, -0.25) is 0 Å². The van der Waals surface area contributed by atoms with E-state index in [1.54, 1.807) is 6.20 Å². The van der Waals surface area contributed by atoms with Crippen LogP contribution in [0.4, 0.5) is 0 Å². The molecule has 1 atom stereocenters. The Kier molecular flexibility index (Phi) is 5.16. The van der Waals surface area contributed by atoms with Crippen molar-refractivity contribution in [3.05, 3.63) is 48.5 Å². The second-order valence-electron chi connectivity index (χ2n) is 4.91. The predicted molar refractivity (Wildman–Crippen MR) is 79.4 cm³/mol. The van der Waals surface area contributed by atoms with E-state index in [2.05, 4.69) is 48.4 Å². The molecule has 1 aromatic carbocycles. The lowest BCUT2D eigenvalue weighted by Gasteiger charge is -2.16. The molecule has 3 heteroatoms. The predicted octanol–water partition coefficient (Wildman–Crippen LogP) is 3.54. The van der Waals surface area contributed by atoms with Gasteiger partial charge in [0.2, 0.25) is 0 Å². The highest BCUT2D eigenvalue weighted by molar-refractivity contribution is 5.34. The molecule has 2 aromatic rings. The SMILES string of the molecule is CCCC(CC)NCc1ccc(-n2ccnc2)cc1. The second kappa shape index (κ2) is 7.10. The smallest absolute Gasteiger partial charge is 0.0991 e. The molecule has 2 rings (SSSR count). The Labute approximate surface area is 115 Å². The van der Waals surface area contributed by atoms with E-state index in [1.165, 1.54) is 24.8 Å². The quantitative estimate of drug-likeness (QED) is 0.822. The number of hydrogen-bond donors (Lipinski definition) is 1. The molecule has 0 amide bonds. The summed E-state index contributed by atoms with van der Waals surface area (Å²) in [6.07, 6.45) is 9.27. The third-order valence-corrected chi connectivity index (χ3v) is 3.46. The van der Waals surface area contributed by atoms with E-state index in [0.29, 0.717) is 6.04 Å². The first-order chi connectivity index (χ1) is 9.33. The van der Waals surface area contributed by atoms with Gasteiger partial charge in [-0.15, -0.1) is 0 Å². The average molecular weight is 257 g/mol. The lowest BCUT2D eigenvalue weighted by Crippen LogP contribution is -2.27. The van der Waals surface area contributed by atoms with E-state index in [9.17, 15) is 0 Å². The van der Waals surface area contributed by atoms with Crippen molar-refractivity contribution in [2.45, 2.75) is 45.7 Å². The van der Waals surface area contributed by atoms with Gasteiger partial charge in [-0.25, -0.2) is 4.98 Å². The summed E-state index contributed by atoms with van der Waals surface area (Å²) in [6, 6.07) is 9.28. The summed E-state index contributed by atoms with van der Waals surface area (Å²) in [5, 5.41) is 3.62. The Morgan fingerprint density at radius 1 is 1.21 bits per heavy atom. The molecule has 0 saturated heterocycles. The molecule has 0 aliphatic heterocycles. The Morgan fingerprint density at radius 3 is 2.58 bits per heavy atom. The zero-order valence-corrected chi connectivity index (χ0v) is 11.8. The largest absolute Gasteiger partial charge is 0.310 e. The fraction of sp³-hybridized carbons (Fsp3) is 0.438. The first-order valence-electron chi connectivity index (χ1n) is 7.14. The Bertz CT molecular complexity index is 459. The van der Waals surface area contributed by atoms with Crippen molar-refractivity contribution >= 4 is 0 Å². The third kappa shape index (κ3) is 3.93. The van der Waals surface area contributed by atoms with Crippen LogP contribution in [-0.2, 0) is 6.54 Å². The Balaban J connectivity index is 1.92. The Hall–Kier alpha value is -1.61. The highest BCUT2D eigenvalue weighted by Crippen LogP contribution is 2.10. The highest BCUT2D eigenvalue weighted by Gasteiger charge is 2.04. The Morgan fingerprint density at radius 2 is 2.00 bits per heavy atom. The zero-order chi connectivity index (χ0) is 13.5. The van der Waals surface area contributed by atoms with Crippen LogP contribution in [0, 0.1) is 0 Å². The van der Waals surface area contributed by atoms with E-state index in [4.69, 9.17) is 0 Å². The van der Waals surface area contributed by atoms with Gasteiger partial charge in [-0.05, 0) is 30.5 Å². The number of benzene rings is 1. The lowest BCUT2D eigenvalue weighted by molar-refractivity contribution is 0.462. The van der Waals surface area contributed by atoms with Gasteiger partial charge in [-0.1, -0.05) is 32.4 Å². The average Bonchev–Trinajstić information content (AvgIpc) is 2.98. The van der Waals surface area contributed by atoms with Crippen LogP contribution in [0.2, 0.25) is 0 Å². The van der Waals surface area contributed by atoms with E-state index in [-0.39, 0.29) is 0 Å². The van der Waals surface area contributed by atoms with Gasteiger partial charge >= 0.3 is 0 Å². The number of imidazole rings is 1.